The average Bonchev–Trinajstić information content (AvgIpc) is 2.54. The van der Waals surface area contributed by atoms with Crippen LogP contribution in [0, 0.1) is 32.4 Å². The van der Waals surface area contributed by atoms with Crippen LogP contribution in [0.1, 0.15) is 16.7 Å². The quantitative estimate of drug-likeness (QED) is 0.722. The number of nitrogens with one attached hydrogen (secondary N) is 3. The van der Waals surface area contributed by atoms with Crippen molar-refractivity contribution in [3.8, 4) is 0 Å². The fraction of sp³-hybridized carbons (Fsp3) is 0.300. The average molecular weight is 376 g/mol. The molecule has 0 spiro atoms. The van der Waals surface area contributed by atoms with Gasteiger partial charge in [0.15, 0.2) is 13.1 Å². The Morgan fingerprint density at radius 3 is 1.81 bits per heavy atom. The van der Waals surface area contributed by atoms with Gasteiger partial charge >= 0.3 is 0 Å². The van der Waals surface area contributed by atoms with Gasteiger partial charge in [0.25, 0.3) is 11.8 Å². The van der Waals surface area contributed by atoms with Crippen molar-refractivity contribution >= 4 is 23.2 Å². The van der Waals surface area contributed by atoms with E-state index in [0.29, 0.717) is 4.90 Å². The summed E-state index contributed by atoms with van der Waals surface area (Å²) in [5.74, 6) is -2.51. The van der Waals surface area contributed by atoms with Crippen LogP contribution in [0.5, 0.6) is 0 Å². The zero-order chi connectivity index (χ0) is 20.1. The van der Waals surface area contributed by atoms with Gasteiger partial charge in [-0.2, -0.15) is 0 Å². The van der Waals surface area contributed by atoms with Crippen LogP contribution >= 0.6 is 0 Å². The lowest BCUT2D eigenvalue weighted by atomic mass is 10.1. The molecule has 0 aliphatic heterocycles. The summed E-state index contributed by atoms with van der Waals surface area (Å²) in [6.45, 7) is 5.76. The second-order valence-electron chi connectivity index (χ2n) is 6.78. The van der Waals surface area contributed by atoms with Gasteiger partial charge < -0.3 is 15.5 Å². The molecule has 0 aliphatic carbocycles. The molecule has 2 amide bonds. The summed E-state index contributed by atoms with van der Waals surface area (Å²) in [6.07, 6.45) is 0. The molecule has 0 bridgehead atoms. The number of likely N-dealkylation sites (N-methyl/N-ethyl adjacent to an activating group) is 1. The first-order valence-electron chi connectivity index (χ1n) is 8.60. The maximum Gasteiger partial charge on any atom is 0.279 e. The lowest BCUT2D eigenvalue weighted by molar-refractivity contribution is -0.862. The number of carbonyl (C=O) groups excluding carboxylic acids is 2. The number of rotatable bonds is 6. The van der Waals surface area contributed by atoms with Crippen LogP contribution in [0.3, 0.4) is 0 Å². The molecule has 144 valence electrons. The van der Waals surface area contributed by atoms with E-state index in [0.717, 1.165) is 34.5 Å². The van der Waals surface area contributed by atoms with Crippen LogP contribution in [0.15, 0.2) is 30.3 Å². The van der Waals surface area contributed by atoms with Gasteiger partial charge in [-0.3, -0.25) is 9.59 Å². The minimum atomic E-state index is -0.843. The topological polar surface area (TPSA) is 62.6 Å². The number of anilines is 2. The van der Waals surface area contributed by atoms with E-state index in [1.807, 2.05) is 32.9 Å². The van der Waals surface area contributed by atoms with Gasteiger partial charge in [0.2, 0.25) is 0 Å². The number of para-hydroxylation sites is 1. The molecular formula is C20H24F2N3O2+. The standard InChI is InChI=1S/C20H23F2N3O2/c1-12-8-13(2)19(14(3)9-12)23-17(26)10-25(4)11-18(27)24-20-15(21)6-5-7-16(20)22/h5-9H,10-11H2,1-4H3,(H,23,26)(H,24,27)/p+1. The van der Waals surface area contributed by atoms with Gasteiger partial charge in [-0.15, -0.1) is 0 Å². The lowest BCUT2D eigenvalue weighted by Crippen LogP contribution is -3.11. The van der Waals surface area contributed by atoms with Gasteiger partial charge in [0.1, 0.15) is 17.3 Å². The van der Waals surface area contributed by atoms with Crippen LogP contribution in [0.25, 0.3) is 0 Å². The minimum absolute atomic E-state index is 0.0416. The molecule has 2 aromatic rings. The molecule has 0 aromatic heterocycles. The monoisotopic (exact) mass is 376 g/mol. The Kier molecular flexibility index (Phi) is 6.63. The van der Waals surface area contributed by atoms with Crippen molar-refractivity contribution in [2.45, 2.75) is 20.8 Å². The summed E-state index contributed by atoms with van der Waals surface area (Å²) in [5, 5.41) is 5.08. The van der Waals surface area contributed by atoms with E-state index in [1.165, 1.54) is 6.07 Å². The van der Waals surface area contributed by atoms with E-state index in [9.17, 15) is 18.4 Å². The Hall–Kier alpha value is -2.80. The van der Waals surface area contributed by atoms with Crippen LogP contribution in [0.4, 0.5) is 20.2 Å². The third-order valence-corrected chi connectivity index (χ3v) is 4.09. The van der Waals surface area contributed by atoms with Crippen molar-refractivity contribution in [3.63, 3.8) is 0 Å². The number of amides is 2. The van der Waals surface area contributed by atoms with Crippen molar-refractivity contribution in [1.29, 1.82) is 0 Å². The summed E-state index contributed by atoms with van der Waals surface area (Å²) in [4.78, 5) is 24.9. The molecule has 0 aliphatic rings. The third-order valence-electron chi connectivity index (χ3n) is 4.09. The van der Waals surface area contributed by atoms with E-state index >= 15 is 0 Å². The first kappa shape index (κ1) is 20.5. The van der Waals surface area contributed by atoms with Crippen LogP contribution in [-0.4, -0.2) is 32.0 Å². The maximum atomic E-state index is 13.6. The Labute approximate surface area is 157 Å². The summed E-state index contributed by atoms with van der Waals surface area (Å²) >= 11 is 0. The van der Waals surface area contributed by atoms with Crippen LogP contribution < -0.4 is 15.5 Å². The number of aryl methyl sites for hydroxylation is 3. The van der Waals surface area contributed by atoms with Crippen molar-refractivity contribution in [2.75, 3.05) is 30.8 Å². The lowest BCUT2D eigenvalue weighted by Gasteiger charge is -2.16. The van der Waals surface area contributed by atoms with Gasteiger partial charge in [0, 0.05) is 5.69 Å². The van der Waals surface area contributed by atoms with Gasteiger partial charge in [-0.25, -0.2) is 8.78 Å². The van der Waals surface area contributed by atoms with Gasteiger partial charge in [-0.1, -0.05) is 23.8 Å². The van der Waals surface area contributed by atoms with E-state index < -0.39 is 23.2 Å². The molecule has 1 atom stereocenters. The highest BCUT2D eigenvalue weighted by Gasteiger charge is 2.18. The molecule has 27 heavy (non-hydrogen) atoms. The summed E-state index contributed by atoms with van der Waals surface area (Å²) < 4.78 is 27.2. The second kappa shape index (κ2) is 8.73. The molecule has 0 fully saturated rings. The Bertz CT molecular complexity index is 825. The highest BCUT2D eigenvalue weighted by Crippen LogP contribution is 2.21. The molecule has 5 nitrogen and oxygen atoms in total. The third kappa shape index (κ3) is 5.59. The van der Waals surface area contributed by atoms with Crippen molar-refractivity contribution in [2.24, 2.45) is 0 Å². The molecule has 0 saturated carbocycles. The summed E-state index contributed by atoms with van der Waals surface area (Å²) in [5.41, 5.74) is 3.32. The molecule has 0 saturated heterocycles. The van der Waals surface area contributed by atoms with E-state index in [-0.39, 0.29) is 19.0 Å². The fourth-order valence-corrected chi connectivity index (χ4v) is 2.97. The SMILES string of the molecule is Cc1cc(C)c(NC(=O)C[NH+](C)CC(=O)Nc2c(F)cccc2F)c(C)c1. The van der Waals surface area contributed by atoms with Crippen LogP contribution in [-0.2, 0) is 9.59 Å². The molecular weight excluding hydrogens is 352 g/mol. The predicted molar refractivity (Wildman–Crippen MR) is 101 cm³/mol. The number of hydrogen-bond donors (Lipinski definition) is 3. The molecule has 3 N–H and O–H groups in total. The zero-order valence-electron chi connectivity index (χ0n) is 15.9. The zero-order valence-corrected chi connectivity index (χ0v) is 15.9. The number of quaternary nitrogens is 1. The Morgan fingerprint density at radius 1 is 0.889 bits per heavy atom. The highest BCUT2D eigenvalue weighted by atomic mass is 19.1. The molecule has 1 unspecified atom stereocenters. The first-order chi connectivity index (χ1) is 12.7. The smallest absolute Gasteiger partial charge is 0.279 e. The maximum absolute atomic E-state index is 13.6. The molecule has 7 heteroatoms. The molecule has 0 heterocycles. The van der Waals surface area contributed by atoms with E-state index in [4.69, 9.17) is 0 Å². The Morgan fingerprint density at radius 2 is 1.33 bits per heavy atom. The second-order valence-corrected chi connectivity index (χ2v) is 6.78. The van der Waals surface area contributed by atoms with Gasteiger partial charge in [-0.05, 0) is 44.0 Å². The van der Waals surface area contributed by atoms with E-state index in [2.05, 4.69) is 10.6 Å². The summed E-state index contributed by atoms with van der Waals surface area (Å²) in [6, 6.07) is 7.31. The van der Waals surface area contributed by atoms with Crippen molar-refractivity contribution in [1.82, 2.24) is 0 Å². The minimum Gasteiger partial charge on any atom is -0.322 e. The number of carbonyl (C=O) groups is 2. The largest absolute Gasteiger partial charge is 0.322 e. The normalized spacial score (nSPS) is 11.8. The predicted octanol–water partition coefficient (Wildman–Crippen LogP) is 1.98. The summed E-state index contributed by atoms with van der Waals surface area (Å²) in [7, 11) is 1.66. The molecule has 0 radical (unpaired) electrons. The molecule has 2 aromatic carbocycles. The van der Waals surface area contributed by atoms with Crippen LogP contribution in [0.2, 0.25) is 0 Å². The highest BCUT2D eigenvalue weighted by molar-refractivity contribution is 5.94. The Balaban J connectivity index is 1.92. The number of hydrogen-bond acceptors (Lipinski definition) is 2. The first-order valence-corrected chi connectivity index (χ1v) is 8.60. The fourth-order valence-electron chi connectivity index (χ4n) is 2.97. The van der Waals surface area contributed by atoms with Crippen molar-refractivity contribution < 1.29 is 23.3 Å². The number of benzene rings is 2. The van der Waals surface area contributed by atoms with Crippen molar-refractivity contribution in [3.05, 3.63) is 58.7 Å². The number of halogens is 2. The molecule has 2 rings (SSSR count). The van der Waals surface area contributed by atoms with Gasteiger partial charge in [0.05, 0.1) is 7.05 Å². The van der Waals surface area contributed by atoms with E-state index in [1.54, 1.807) is 7.05 Å².